The van der Waals surface area contributed by atoms with Gasteiger partial charge in [0.05, 0.1) is 37.7 Å². The number of nitrogens with zero attached hydrogens (tertiary/aromatic N) is 5. The summed E-state index contributed by atoms with van der Waals surface area (Å²) in [5.74, 6) is -0.351. The molecule has 0 radical (unpaired) electrons. The minimum absolute atomic E-state index is 0.0109. The molecule has 46 heavy (non-hydrogen) atoms. The molecule has 0 saturated heterocycles. The summed E-state index contributed by atoms with van der Waals surface area (Å²) in [6.07, 6.45) is -1.31. The Bertz CT molecular complexity index is 1410. The number of hydrazone groups is 1. The third kappa shape index (κ3) is 9.14. The van der Waals surface area contributed by atoms with Crippen molar-refractivity contribution in [1.82, 2.24) is 25.7 Å². The highest BCUT2D eigenvalue weighted by atomic mass is 19.4. The van der Waals surface area contributed by atoms with E-state index in [4.69, 9.17) is 14.6 Å². The van der Waals surface area contributed by atoms with Crippen LogP contribution >= 0.6 is 0 Å². The molecule has 13 nitrogen and oxygen atoms in total. The van der Waals surface area contributed by atoms with Crippen LogP contribution in [0, 0.1) is 0 Å². The van der Waals surface area contributed by atoms with Crippen LogP contribution in [0.25, 0.3) is 0 Å². The van der Waals surface area contributed by atoms with Crippen LogP contribution in [0.5, 0.6) is 0 Å². The van der Waals surface area contributed by atoms with Gasteiger partial charge in [0.1, 0.15) is 11.9 Å². The first-order valence-corrected chi connectivity index (χ1v) is 14.9. The highest BCUT2D eigenvalue weighted by Gasteiger charge is 2.42. The number of likely N-dealkylation sites (N-methyl/N-ethyl adjacent to an activating group) is 1. The largest absolute Gasteiger partial charge is 0.481 e. The monoisotopic (exact) mass is 649 g/mol. The van der Waals surface area contributed by atoms with Crippen LogP contribution in [-0.2, 0) is 25.2 Å². The van der Waals surface area contributed by atoms with Crippen molar-refractivity contribution < 1.29 is 42.1 Å². The second kappa shape index (κ2) is 15.8. The lowest BCUT2D eigenvalue weighted by atomic mass is 10.0. The third-order valence-electron chi connectivity index (χ3n) is 7.38. The predicted octanol–water partition coefficient (Wildman–Crippen LogP) is 3.31. The van der Waals surface area contributed by atoms with Crippen molar-refractivity contribution in [2.24, 2.45) is 5.10 Å². The molecule has 2 amide bonds. The number of fused-ring (bicyclic) bond motifs is 3. The molecular formula is C30H38F3N7O6. The molecule has 16 heteroatoms. The van der Waals surface area contributed by atoms with Gasteiger partial charge in [-0.2, -0.15) is 13.2 Å². The second-order valence-corrected chi connectivity index (χ2v) is 10.8. The Morgan fingerprint density at radius 3 is 2.48 bits per heavy atom. The van der Waals surface area contributed by atoms with Crippen molar-refractivity contribution in [3.05, 3.63) is 53.2 Å². The molecule has 4 rings (SSSR count). The van der Waals surface area contributed by atoms with E-state index in [0.29, 0.717) is 69.1 Å². The number of ether oxygens (including phenoxy) is 2. The first-order valence-electron chi connectivity index (χ1n) is 14.9. The van der Waals surface area contributed by atoms with Crippen LogP contribution in [0.2, 0.25) is 0 Å². The molecule has 2 aromatic rings. The number of aromatic nitrogens is 1. The van der Waals surface area contributed by atoms with E-state index in [9.17, 15) is 27.6 Å². The molecule has 0 aliphatic carbocycles. The Morgan fingerprint density at radius 2 is 1.78 bits per heavy atom. The van der Waals surface area contributed by atoms with Crippen LogP contribution in [0.1, 0.15) is 59.6 Å². The van der Waals surface area contributed by atoms with E-state index in [1.165, 1.54) is 11.2 Å². The lowest BCUT2D eigenvalue weighted by molar-refractivity contribution is -0.138. The number of halogens is 3. The lowest BCUT2D eigenvalue weighted by Crippen LogP contribution is -2.30. The molecule has 250 valence electrons. The van der Waals surface area contributed by atoms with E-state index in [1.54, 1.807) is 42.1 Å². The fraction of sp³-hybridized carbons (Fsp3) is 0.500. The molecule has 1 atom stereocenters. The van der Waals surface area contributed by atoms with Crippen molar-refractivity contribution in [3.8, 4) is 0 Å². The zero-order valence-corrected chi connectivity index (χ0v) is 25.7. The van der Waals surface area contributed by atoms with Crippen LogP contribution in [0.4, 0.5) is 24.7 Å². The molecule has 2 aliphatic rings. The minimum Gasteiger partial charge on any atom is -0.481 e. The number of carboxylic acids is 1. The average Bonchev–Trinajstić information content (AvgIpc) is 3.53. The Morgan fingerprint density at radius 1 is 1.04 bits per heavy atom. The number of hydrazine groups is 1. The van der Waals surface area contributed by atoms with Gasteiger partial charge in [-0.05, 0) is 43.2 Å². The third-order valence-corrected chi connectivity index (χ3v) is 7.38. The molecule has 3 N–H and O–H groups in total. The number of amides is 2. The summed E-state index contributed by atoms with van der Waals surface area (Å²) in [4.78, 5) is 42.8. The zero-order valence-electron chi connectivity index (χ0n) is 25.7. The number of carbonyl (C=O) groups excluding carboxylic acids is 2. The number of hydrogen-bond donors (Lipinski definition) is 3. The van der Waals surface area contributed by atoms with Gasteiger partial charge in [0.25, 0.3) is 5.91 Å². The number of alkyl halides is 3. The fourth-order valence-corrected chi connectivity index (χ4v) is 4.96. The van der Waals surface area contributed by atoms with Gasteiger partial charge in [0, 0.05) is 57.4 Å². The standard InChI is InChI=1S/C30H38F3N7O6/c1-38(25(41)6-4-3-5-7-26(42)43)13-15-46-17-16-45-14-12-34-29(44)20-8-10-23-22(18-20)27-28(37-39(2)36-27)40(23)24-11-9-21(19-35-24)30(31,32)33/h8-11,18-19,27,36H,3-7,12-17H2,1-2H3,(H,34,44)(H,42,43). The molecule has 1 aromatic heterocycles. The molecule has 3 heterocycles. The lowest BCUT2D eigenvalue weighted by Gasteiger charge is -2.19. The van der Waals surface area contributed by atoms with Crippen LogP contribution < -0.4 is 15.6 Å². The number of carboxylic acid groups (broad SMARTS) is 1. The predicted molar refractivity (Wildman–Crippen MR) is 161 cm³/mol. The number of rotatable bonds is 17. The number of unbranched alkanes of at least 4 members (excludes halogenated alkanes) is 2. The van der Waals surface area contributed by atoms with Gasteiger partial charge >= 0.3 is 12.1 Å². The summed E-state index contributed by atoms with van der Waals surface area (Å²) >= 11 is 0. The molecule has 1 unspecified atom stereocenters. The van der Waals surface area contributed by atoms with Crippen molar-refractivity contribution in [2.75, 3.05) is 58.5 Å². The van der Waals surface area contributed by atoms with E-state index in [2.05, 4.69) is 20.8 Å². The van der Waals surface area contributed by atoms with Gasteiger partial charge in [0.2, 0.25) is 5.91 Å². The number of benzene rings is 1. The maximum absolute atomic E-state index is 13.1. The van der Waals surface area contributed by atoms with Gasteiger partial charge in [-0.25, -0.2) is 15.5 Å². The zero-order chi connectivity index (χ0) is 33.3. The average molecular weight is 650 g/mol. The van der Waals surface area contributed by atoms with Gasteiger partial charge in [-0.3, -0.25) is 19.3 Å². The number of hydrogen-bond acceptors (Lipinski definition) is 10. The fourth-order valence-electron chi connectivity index (χ4n) is 4.96. The van der Waals surface area contributed by atoms with Crippen molar-refractivity contribution in [3.63, 3.8) is 0 Å². The van der Waals surface area contributed by atoms with Crippen LogP contribution in [0.3, 0.4) is 0 Å². The Balaban J connectivity index is 1.16. The second-order valence-electron chi connectivity index (χ2n) is 10.8. The smallest absolute Gasteiger partial charge is 0.417 e. The van der Waals surface area contributed by atoms with Crippen LogP contribution in [-0.4, -0.2) is 97.3 Å². The van der Waals surface area contributed by atoms with Gasteiger partial charge in [0.15, 0.2) is 5.84 Å². The normalized spacial score (nSPS) is 15.4. The van der Waals surface area contributed by atoms with E-state index in [1.807, 2.05) is 0 Å². The topological polar surface area (TPSA) is 149 Å². The molecule has 1 aromatic carbocycles. The summed E-state index contributed by atoms with van der Waals surface area (Å²) in [6, 6.07) is 6.92. The van der Waals surface area contributed by atoms with Gasteiger partial charge in [-0.15, -0.1) is 5.10 Å². The summed E-state index contributed by atoms with van der Waals surface area (Å²) in [5, 5.41) is 17.4. The summed E-state index contributed by atoms with van der Waals surface area (Å²) in [7, 11) is 3.40. The Hall–Kier alpha value is -4.28. The van der Waals surface area contributed by atoms with Crippen molar-refractivity contribution in [1.29, 1.82) is 0 Å². The number of carbonyl (C=O) groups is 3. The minimum atomic E-state index is -4.50. The summed E-state index contributed by atoms with van der Waals surface area (Å²) in [5.41, 5.74) is 4.10. The van der Waals surface area contributed by atoms with Gasteiger partial charge in [-0.1, -0.05) is 6.42 Å². The SMILES string of the molecule is CN1N=C2C(N1)c1cc(C(=O)NCCOCCOCCN(C)C(=O)CCCCCC(=O)O)ccc1N2c1ccc(C(F)(F)F)cn1. The number of aliphatic carboxylic acids is 1. The Kier molecular flexibility index (Phi) is 11.9. The number of anilines is 2. The summed E-state index contributed by atoms with van der Waals surface area (Å²) in [6.45, 7) is 1.95. The molecule has 2 aliphatic heterocycles. The molecule has 0 fully saturated rings. The number of amidine groups is 1. The Labute approximate surface area is 264 Å². The molecule has 0 saturated carbocycles. The first kappa shape index (κ1) is 34.6. The highest BCUT2D eigenvalue weighted by Crippen LogP contribution is 2.43. The highest BCUT2D eigenvalue weighted by molar-refractivity contribution is 6.13. The van der Waals surface area contributed by atoms with Gasteiger partial charge < -0.3 is 24.8 Å². The van der Waals surface area contributed by atoms with Crippen LogP contribution in [0.15, 0.2) is 41.6 Å². The number of nitrogens with one attached hydrogen (secondary N) is 2. The quantitative estimate of drug-likeness (QED) is 0.218. The first-order chi connectivity index (χ1) is 22.0. The van der Waals surface area contributed by atoms with Crippen molar-refractivity contribution in [2.45, 2.75) is 44.3 Å². The van der Waals surface area contributed by atoms with E-state index >= 15 is 0 Å². The van der Waals surface area contributed by atoms with E-state index in [0.717, 1.165) is 17.8 Å². The summed E-state index contributed by atoms with van der Waals surface area (Å²) < 4.78 is 50.2. The maximum atomic E-state index is 13.1. The van der Waals surface area contributed by atoms with E-state index in [-0.39, 0.29) is 37.2 Å². The molecule has 0 spiro atoms. The molecule has 0 bridgehead atoms. The molecular weight excluding hydrogens is 611 g/mol. The van der Waals surface area contributed by atoms with E-state index < -0.39 is 23.8 Å². The van der Waals surface area contributed by atoms with Crippen molar-refractivity contribution >= 4 is 35.1 Å². The number of pyridine rings is 1. The maximum Gasteiger partial charge on any atom is 0.417 e.